The lowest BCUT2D eigenvalue weighted by Crippen LogP contribution is -2.08. The third-order valence-corrected chi connectivity index (χ3v) is 0.462. The van der Waals surface area contributed by atoms with Crippen LogP contribution in [0.15, 0.2) is 0 Å². The molecule has 8 heavy (non-hydrogen) atoms. The van der Waals surface area contributed by atoms with Gasteiger partial charge in [-0.3, -0.25) is 0 Å². The predicted octanol–water partition coefficient (Wildman–Crippen LogP) is 0.0848. The van der Waals surface area contributed by atoms with Crippen LogP contribution in [0.25, 0.3) is 0 Å². The van der Waals surface area contributed by atoms with Crippen LogP contribution in [0.3, 0.4) is 0 Å². The first-order valence-electron chi connectivity index (χ1n) is 2.43. The Morgan fingerprint density at radius 1 is 1.50 bits per heavy atom. The Balaban J connectivity index is 2.72. The van der Waals surface area contributed by atoms with Gasteiger partial charge in [0.25, 0.3) is 15.5 Å². The fourth-order valence-corrected chi connectivity index (χ4v) is 0.221. The fourth-order valence-electron chi connectivity index (χ4n) is 0.221. The standard InChI is InChI=1S/C3H7B3O2/c1-3(2)5-8-6-7-4/h3H,1-2H3. The first-order valence-corrected chi connectivity index (χ1v) is 2.43. The molecule has 2 nitrogen and oxygen atoms in total. The maximum absolute atomic E-state index is 4.65. The summed E-state index contributed by atoms with van der Waals surface area (Å²) in [7, 11) is 7.30. The van der Waals surface area contributed by atoms with E-state index in [-0.39, 0.29) is 0 Å². The zero-order chi connectivity index (χ0) is 6.41. The molecule has 0 fully saturated rings. The predicted molar refractivity (Wildman–Crippen MR) is 34.5 cm³/mol. The lowest BCUT2D eigenvalue weighted by molar-refractivity contribution is 0.496. The lowest BCUT2D eigenvalue weighted by atomic mass is 9.82. The molecule has 0 aliphatic rings. The molecule has 0 aromatic rings. The molecule has 5 heteroatoms. The quantitative estimate of drug-likeness (QED) is 0.374. The van der Waals surface area contributed by atoms with Crippen molar-refractivity contribution in [3.05, 3.63) is 0 Å². The first-order chi connectivity index (χ1) is 3.77. The van der Waals surface area contributed by atoms with E-state index in [1.54, 1.807) is 7.48 Å². The van der Waals surface area contributed by atoms with Crippen molar-refractivity contribution in [2.45, 2.75) is 19.7 Å². The van der Waals surface area contributed by atoms with Crippen molar-refractivity contribution in [3.8, 4) is 0 Å². The summed E-state index contributed by atoms with van der Waals surface area (Å²) in [4.78, 5) is 0. The topological polar surface area (TPSA) is 18.5 Å². The van der Waals surface area contributed by atoms with Gasteiger partial charge in [-0.05, 0) is 5.82 Å². The first kappa shape index (κ1) is 8.11. The van der Waals surface area contributed by atoms with Gasteiger partial charge in [-0.15, -0.1) is 0 Å². The highest BCUT2D eigenvalue weighted by atomic mass is 16.5. The lowest BCUT2D eigenvalue weighted by Gasteiger charge is -1.99. The molecule has 40 valence electrons. The van der Waals surface area contributed by atoms with E-state index in [1.807, 2.05) is 13.8 Å². The second-order valence-corrected chi connectivity index (χ2v) is 1.75. The van der Waals surface area contributed by atoms with E-state index in [9.17, 15) is 0 Å². The third-order valence-electron chi connectivity index (χ3n) is 0.462. The molecular weight excluding hydrogens is 100 g/mol. The minimum Gasteiger partial charge on any atom is -0.486 e. The minimum atomic E-state index is 0.390. The van der Waals surface area contributed by atoms with Gasteiger partial charge in [0.1, 0.15) is 0 Å². The van der Waals surface area contributed by atoms with E-state index in [0.29, 0.717) is 5.82 Å². The number of hydrogen-bond donors (Lipinski definition) is 0. The van der Waals surface area contributed by atoms with Crippen LogP contribution in [-0.4, -0.2) is 23.2 Å². The van der Waals surface area contributed by atoms with E-state index in [1.165, 1.54) is 0 Å². The summed E-state index contributed by atoms with van der Waals surface area (Å²) in [5.74, 6) is 0.390. The Labute approximate surface area is 53.0 Å². The van der Waals surface area contributed by atoms with Gasteiger partial charge in [-0.2, -0.15) is 0 Å². The molecule has 4 radical (unpaired) electrons. The highest BCUT2D eigenvalue weighted by Gasteiger charge is 1.97. The molecule has 0 spiro atoms. The highest BCUT2D eigenvalue weighted by molar-refractivity contribution is 6.42. The van der Waals surface area contributed by atoms with Gasteiger partial charge >= 0.3 is 7.69 Å². The molecule has 0 heterocycles. The Hall–Kier alpha value is 0.115. The SMILES string of the molecule is [B]O[B]O[B]C(C)C. The highest BCUT2D eigenvalue weighted by Crippen LogP contribution is 1.95. The normalized spacial score (nSPS) is 9.38. The molecule has 0 aliphatic carbocycles. The van der Waals surface area contributed by atoms with Crippen molar-refractivity contribution in [1.29, 1.82) is 0 Å². The second-order valence-electron chi connectivity index (χ2n) is 1.75. The summed E-state index contributed by atoms with van der Waals surface area (Å²) < 4.78 is 8.66. The van der Waals surface area contributed by atoms with E-state index in [0.717, 1.165) is 7.69 Å². The van der Waals surface area contributed by atoms with Crippen molar-refractivity contribution in [2.75, 3.05) is 0 Å². The molecule has 0 amide bonds. The molecule has 0 saturated carbocycles. The van der Waals surface area contributed by atoms with Gasteiger partial charge in [0, 0.05) is 0 Å². The summed E-state index contributed by atoms with van der Waals surface area (Å²) in [6.07, 6.45) is 0. The van der Waals surface area contributed by atoms with Crippen LogP contribution in [-0.2, 0) is 9.14 Å². The van der Waals surface area contributed by atoms with E-state index in [2.05, 4.69) is 17.2 Å². The van der Waals surface area contributed by atoms with Gasteiger partial charge in [0.05, 0.1) is 0 Å². The molecule has 0 bridgehead atoms. The smallest absolute Gasteiger partial charge is 0.453 e. The van der Waals surface area contributed by atoms with Crippen LogP contribution in [0.2, 0.25) is 5.82 Å². The maximum atomic E-state index is 4.65. The maximum Gasteiger partial charge on any atom is 0.453 e. The number of hydrogen-bond acceptors (Lipinski definition) is 2. The van der Waals surface area contributed by atoms with E-state index in [4.69, 9.17) is 0 Å². The van der Waals surface area contributed by atoms with Crippen LogP contribution in [0, 0.1) is 0 Å². The second kappa shape index (κ2) is 5.26. The Morgan fingerprint density at radius 2 is 2.12 bits per heavy atom. The van der Waals surface area contributed by atoms with Crippen LogP contribution in [0.1, 0.15) is 13.8 Å². The van der Waals surface area contributed by atoms with Crippen molar-refractivity contribution in [3.63, 3.8) is 0 Å². The summed E-state index contributed by atoms with van der Waals surface area (Å²) in [5, 5.41) is 0. The zero-order valence-electron chi connectivity index (χ0n) is 5.13. The molecule has 0 aromatic heterocycles. The van der Waals surface area contributed by atoms with Crippen molar-refractivity contribution < 1.29 is 9.14 Å². The zero-order valence-corrected chi connectivity index (χ0v) is 5.13. The summed E-state index contributed by atoms with van der Waals surface area (Å²) in [5.41, 5.74) is 0. The Kier molecular flexibility index (Phi) is 5.33. The molecule has 0 aliphatic heterocycles. The molecule has 0 atom stereocenters. The van der Waals surface area contributed by atoms with Gasteiger partial charge < -0.3 is 9.14 Å². The van der Waals surface area contributed by atoms with Crippen LogP contribution >= 0.6 is 0 Å². The Morgan fingerprint density at radius 3 is 2.50 bits per heavy atom. The minimum absolute atomic E-state index is 0.390. The van der Waals surface area contributed by atoms with Gasteiger partial charge in [-0.25, -0.2) is 0 Å². The largest absolute Gasteiger partial charge is 0.486 e. The Bertz CT molecular complexity index is 49.8. The summed E-state index contributed by atoms with van der Waals surface area (Å²) >= 11 is 0. The van der Waals surface area contributed by atoms with Gasteiger partial charge in [-0.1, -0.05) is 13.8 Å². The fraction of sp³-hybridized carbons (Fsp3) is 1.00. The van der Waals surface area contributed by atoms with Crippen molar-refractivity contribution in [1.82, 2.24) is 0 Å². The van der Waals surface area contributed by atoms with Crippen LogP contribution < -0.4 is 0 Å². The average molecular weight is 108 g/mol. The van der Waals surface area contributed by atoms with Crippen LogP contribution in [0.4, 0.5) is 0 Å². The third kappa shape index (κ3) is 6.11. The van der Waals surface area contributed by atoms with E-state index < -0.39 is 0 Å². The molecule has 0 N–H and O–H groups in total. The van der Waals surface area contributed by atoms with Crippen molar-refractivity contribution >= 4 is 23.2 Å². The molecule has 0 rings (SSSR count). The molecule has 0 aromatic carbocycles. The van der Waals surface area contributed by atoms with Gasteiger partial charge in [0.2, 0.25) is 0 Å². The van der Waals surface area contributed by atoms with Crippen molar-refractivity contribution in [2.24, 2.45) is 0 Å². The van der Waals surface area contributed by atoms with Gasteiger partial charge in [0.15, 0.2) is 0 Å². The van der Waals surface area contributed by atoms with E-state index >= 15 is 0 Å². The monoisotopic (exact) mass is 108 g/mol. The molecule has 0 unspecified atom stereocenters. The summed E-state index contributed by atoms with van der Waals surface area (Å²) in [6, 6.07) is 0. The molecule has 0 saturated heterocycles. The molecular formula is C3H7B3O2. The van der Waals surface area contributed by atoms with Crippen LogP contribution in [0.5, 0.6) is 0 Å². The summed E-state index contributed by atoms with van der Waals surface area (Å²) in [6.45, 7) is 3.98. The number of rotatable bonds is 4. The average Bonchev–Trinajstić information content (AvgIpc) is 1.66.